The highest BCUT2D eigenvalue weighted by molar-refractivity contribution is 8.01. The Morgan fingerprint density at radius 1 is 0.978 bits per heavy atom. The van der Waals surface area contributed by atoms with Crippen molar-refractivity contribution in [1.82, 2.24) is 24.6 Å². The molecule has 0 radical (unpaired) electrons. The maximum absolute atomic E-state index is 13.5. The first kappa shape index (κ1) is 33.2. The summed E-state index contributed by atoms with van der Waals surface area (Å²) in [5.41, 5.74) is 3.05. The van der Waals surface area contributed by atoms with Crippen LogP contribution in [0.2, 0.25) is 0 Å². The van der Waals surface area contributed by atoms with Crippen LogP contribution in [0.5, 0.6) is 5.75 Å². The van der Waals surface area contributed by atoms with Crippen LogP contribution in [0, 0.1) is 6.92 Å². The lowest BCUT2D eigenvalue weighted by Crippen LogP contribution is -2.50. The molecular weight excluding hydrogens is 625 g/mol. The van der Waals surface area contributed by atoms with E-state index in [9.17, 15) is 19.2 Å². The van der Waals surface area contributed by atoms with Crippen LogP contribution < -0.4 is 10.1 Å². The molecule has 2 aromatic carbocycles. The minimum atomic E-state index is -0.243. The van der Waals surface area contributed by atoms with E-state index >= 15 is 0 Å². The van der Waals surface area contributed by atoms with Gasteiger partial charge in [0, 0.05) is 76.3 Å². The van der Waals surface area contributed by atoms with Gasteiger partial charge in [0.25, 0.3) is 11.8 Å². The number of piperazine rings is 2. The van der Waals surface area contributed by atoms with Crippen LogP contribution in [-0.4, -0.2) is 108 Å². The van der Waals surface area contributed by atoms with Crippen molar-refractivity contribution in [2.24, 2.45) is 0 Å². The highest BCUT2D eigenvalue weighted by Gasteiger charge is 2.26. The van der Waals surface area contributed by atoms with Gasteiger partial charge in [0.15, 0.2) is 5.13 Å². The Kier molecular flexibility index (Phi) is 10.8. The van der Waals surface area contributed by atoms with E-state index in [1.54, 1.807) is 34.9 Å². The molecule has 2 aliphatic heterocycles. The monoisotopic (exact) mass is 662 g/mol. The molecule has 0 aliphatic carbocycles. The number of hydrogen-bond donors (Lipinski definition) is 1. The van der Waals surface area contributed by atoms with E-state index in [1.165, 1.54) is 29.2 Å². The highest BCUT2D eigenvalue weighted by Crippen LogP contribution is 2.38. The number of aromatic nitrogens is 1. The van der Waals surface area contributed by atoms with Gasteiger partial charge in [0.1, 0.15) is 5.75 Å². The number of carbonyl (C=O) groups excluding carboxylic acids is 4. The van der Waals surface area contributed by atoms with Crippen molar-refractivity contribution in [3.63, 3.8) is 0 Å². The number of anilines is 1. The summed E-state index contributed by atoms with van der Waals surface area (Å²) in [5, 5.41) is 3.37. The average molecular weight is 663 g/mol. The molecule has 0 saturated carbocycles. The molecule has 0 unspecified atom stereocenters. The second kappa shape index (κ2) is 14.9. The maximum atomic E-state index is 13.5. The molecule has 0 atom stereocenters. The molecule has 0 bridgehead atoms. The van der Waals surface area contributed by atoms with Crippen molar-refractivity contribution < 1.29 is 23.9 Å². The first-order valence-electron chi connectivity index (χ1n) is 15.1. The Balaban J connectivity index is 1.18. The van der Waals surface area contributed by atoms with Crippen molar-refractivity contribution in [1.29, 1.82) is 0 Å². The minimum absolute atomic E-state index is 0.0120. The summed E-state index contributed by atoms with van der Waals surface area (Å²) in [6.07, 6.45) is 3.07. The van der Waals surface area contributed by atoms with Crippen LogP contribution in [0.15, 0.2) is 64.4 Å². The lowest BCUT2D eigenvalue weighted by molar-refractivity contribution is -0.130. The average Bonchev–Trinajstić information content (AvgIpc) is 3.51. The normalized spacial score (nSPS) is 15.4. The van der Waals surface area contributed by atoms with Crippen molar-refractivity contribution >= 4 is 51.9 Å². The molecule has 242 valence electrons. The molecule has 2 fully saturated rings. The van der Waals surface area contributed by atoms with Crippen LogP contribution in [0.4, 0.5) is 5.13 Å². The second-order valence-corrected chi connectivity index (χ2v) is 13.5. The number of ether oxygens (including phenoxy) is 1. The van der Waals surface area contributed by atoms with Gasteiger partial charge in [0.2, 0.25) is 11.8 Å². The molecule has 3 heterocycles. The zero-order valence-corrected chi connectivity index (χ0v) is 27.9. The van der Waals surface area contributed by atoms with Crippen molar-refractivity contribution in [3.8, 4) is 5.75 Å². The van der Waals surface area contributed by atoms with Crippen LogP contribution in [-0.2, 0) is 16.1 Å². The van der Waals surface area contributed by atoms with Gasteiger partial charge >= 0.3 is 0 Å². The van der Waals surface area contributed by atoms with Gasteiger partial charge in [-0.15, -0.1) is 0 Å². The third kappa shape index (κ3) is 7.95. The van der Waals surface area contributed by atoms with E-state index < -0.39 is 0 Å². The summed E-state index contributed by atoms with van der Waals surface area (Å²) in [6.45, 7) is 12.7. The Hall–Kier alpha value is -4.20. The molecule has 2 saturated heterocycles. The number of rotatable bonds is 9. The number of amides is 4. The molecule has 1 aromatic heterocycles. The largest absolute Gasteiger partial charge is 0.496 e. The van der Waals surface area contributed by atoms with E-state index in [-0.39, 0.29) is 23.6 Å². The summed E-state index contributed by atoms with van der Waals surface area (Å²) >= 11 is 2.84. The van der Waals surface area contributed by atoms with Crippen molar-refractivity contribution in [2.45, 2.75) is 29.5 Å². The molecule has 2 aliphatic rings. The van der Waals surface area contributed by atoms with Crippen molar-refractivity contribution in [3.05, 3.63) is 77.5 Å². The summed E-state index contributed by atoms with van der Waals surface area (Å²) in [4.78, 5) is 62.8. The van der Waals surface area contributed by atoms with Gasteiger partial charge in [-0.2, -0.15) is 0 Å². The number of aryl methyl sites for hydroxylation is 1. The number of hydrogen-bond acceptors (Lipinski definition) is 9. The van der Waals surface area contributed by atoms with Crippen LogP contribution in [0.1, 0.15) is 38.8 Å². The molecule has 5 rings (SSSR count). The molecule has 4 amide bonds. The maximum Gasteiger partial charge on any atom is 0.257 e. The third-order valence-electron chi connectivity index (χ3n) is 8.14. The molecule has 1 N–H and O–H groups in total. The number of nitrogens with zero attached hydrogens (tertiary/aromatic N) is 5. The minimum Gasteiger partial charge on any atom is -0.496 e. The van der Waals surface area contributed by atoms with Crippen molar-refractivity contribution in [2.75, 3.05) is 64.8 Å². The first-order chi connectivity index (χ1) is 22.1. The van der Waals surface area contributed by atoms with Crippen LogP contribution >= 0.6 is 23.1 Å². The Bertz CT molecular complexity index is 1610. The molecule has 46 heavy (non-hydrogen) atoms. The predicted molar refractivity (Wildman–Crippen MR) is 179 cm³/mol. The highest BCUT2D eigenvalue weighted by atomic mass is 32.2. The number of thiazole rings is 1. The zero-order valence-electron chi connectivity index (χ0n) is 26.3. The van der Waals surface area contributed by atoms with Gasteiger partial charge in [0.05, 0.1) is 23.1 Å². The summed E-state index contributed by atoms with van der Waals surface area (Å²) < 4.78 is 6.42. The van der Waals surface area contributed by atoms with E-state index in [1.807, 2.05) is 43.3 Å². The van der Waals surface area contributed by atoms with Gasteiger partial charge in [-0.1, -0.05) is 41.8 Å². The fraction of sp³-hybridized carbons (Fsp3) is 0.364. The third-order valence-corrected chi connectivity index (χ3v) is 10.3. The van der Waals surface area contributed by atoms with Gasteiger partial charge in [-0.25, -0.2) is 4.98 Å². The molecule has 11 nitrogen and oxygen atoms in total. The second-order valence-electron chi connectivity index (χ2n) is 11.2. The zero-order chi connectivity index (χ0) is 32.8. The quantitative estimate of drug-likeness (QED) is 0.342. The summed E-state index contributed by atoms with van der Waals surface area (Å²) in [7, 11) is 1.55. The standard InChI is InChI=1S/C33H38N6O5S2/c1-5-29(41)38-12-10-36(11-13-38)21-24-6-8-25(9-7-24)31(42)35-33-34-20-30(46-33)45-28-19-26(27(44-4)18-22(28)2)32(43)39-16-14-37(15-17-39)23(3)40/h5-9,18-20H,1,10-17,21H2,2-4H3,(H,34,35,42). The van der Waals surface area contributed by atoms with Crippen LogP contribution in [0.25, 0.3) is 0 Å². The molecule has 0 spiro atoms. The van der Waals surface area contributed by atoms with Gasteiger partial charge < -0.3 is 19.4 Å². The lowest BCUT2D eigenvalue weighted by atomic mass is 10.1. The number of benzene rings is 2. The molecule has 13 heteroatoms. The fourth-order valence-corrected chi connectivity index (χ4v) is 7.36. The van der Waals surface area contributed by atoms with E-state index in [2.05, 4.69) is 21.8 Å². The molecule has 3 aromatic rings. The van der Waals surface area contributed by atoms with Gasteiger partial charge in [-0.05, 0) is 48.4 Å². The smallest absolute Gasteiger partial charge is 0.257 e. The fourth-order valence-electron chi connectivity index (χ4n) is 5.42. The lowest BCUT2D eigenvalue weighted by Gasteiger charge is -2.34. The predicted octanol–water partition coefficient (Wildman–Crippen LogP) is 4.00. The van der Waals surface area contributed by atoms with E-state index in [0.29, 0.717) is 61.3 Å². The molecular formula is C33H38N6O5S2. The van der Waals surface area contributed by atoms with E-state index in [4.69, 9.17) is 4.74 Å². The SMILES string of the molecule is C=CC(=O)N1CCN(Cc2ccc(C(=O)Nc3ncc(Sc4cc(C(=O)N5CCN(C(C)=O)CC5)c(OC)cc4C)s3)cc2)CC1. The van der Waals surface area contributed by atoms with Crippen LogP contribution in [0.3, 0.4) is 0 Å². The van der Waals surface area contributed by atoms with E-state index in [0.717, 1.165) is 39.9 Å². The Morgan fingerprint density at radius 2 is 1.63 bits per heavy atom. The summed E-state index contributed by atoms with van der Waals surface area (Å²) in [6, 6.07) is 11.2. The number of methoxy groups -OCH3 is 1. The topological polar surface area (TPSA) is 115 Å². The Labute approximate surface area is 277 Å². The van der Waals surface area contributed by atoms with Gasteiger partial charge in [-0.3, -0.25) is 29.4 Å². The number of nitrogens with one attached hydrogen (secondary N) is 1. The number of carbonyl (C=O) groups is 4. The Morgan fingerprint density at radius 3 is 2.26 bits per heavy atom. The summed E-state index contributed by atoms with van der Waals surface area (Å²) in [5.74, 6) is 0.112. The first-order valence-corrected chi connectivity index (χ1v) is 16.7.